The summed E-state index contributed by atoms with van der Waals surface area (Å²) in [5, 5.41) is 9.32. The van der Waals surface area contributed by atoms with Crippen LogP contribution in [0.15, 0.2) is 18.2 Å². The Labute approximate surface area is 110 Å². The van der Waals surface area contributed by atoms with Crippen molar-refractivity contribution in [2.24, 2.45) is 5.92 Å². The van der Waals surface area contributed by atoms with Crippen LogP contribution < -0.4 is 4.74 Å². The van der Waals surface area contributed by atoms with Crippen LogP contribution in [0.2, 0.25) is 0 Å². The number of methoxy groups -OCH3 is 1. The number of hydrogen-bond donors (Lipinski definition) is 0. The molecule has 0 aliphatic carbocycles. The van der Waals surface area contributed by atoms with Crippen molar-refractivity contribution in [3.8, 4) is 11.8 Å². The topological polar surface area (TPSA) is 36.3 Å². The van der Waals surface area contributed by atoms with Gasteiger partial charge in [-0.2, -0.15) is 5.26 Å². The first kappa shape index (κ1) is 14.5. The fourth-order valence-electron chi connectivity index (χ4n) is 2.32. The normalized spacial score (nSPS) is 14.1. The number of rotatable bonds is 5. The summed E-state index contributed by atoms with van der Waals surface area (Å²) in [5.41, 5.74) is 2.28. The molecule has 0 aliphatic rings. The van der Waals surface area contributed by atoms with E-state index in [9.17, 15) is 5.26 Å². The molecule has 3 nitrogen and oxygen atoms in total. The highest BCUT2D eigenvalue weighted by Crippen LogP contribution is 2.35. The molecule has 0 saturated heterocycles. The van der Waals surface area contributed by atoms with E-state index in [0.29, 0.717) is 0 Å². The van der Waals surface area contributed by atoms with Crippen LogP contribution in [0.5, 0.6) is 5.75 Å². The Morgan fingerprint density at radius 2 is 2.06 bits per heavy atom. The lowest BCUT2D eigenvalue weighted by Gasteiger charge is -2.29. The van der Waals surface area contributed by atoms with Crippen LogP contribution in [0, 0.1) is 24.2 Å². The molecule has 0 N–H and O–H groups in total. The highest BCUT2D eigenvalue weighted by molar-refractivity contribution is 5.40. The monoisotopic (exact) mass is 246 g/mol. The van der Waals surface area contributed by atoms with Crippen molar-refractivity contribution in [3.05, 3.63) is 29.3 Å². The zero-order valence-electron chi connectivity index (χ0n) is 11.9. The Bertz CT molecular complexity index is 435. The van der Waals surface area contributed by atoms with E-state index in [-0.39, 0.29) is 12.0 Å². The molecule has 1 aromatic rings. The summed E-state index contributed by atoms with van der Waals surface area (Å²) in [6, 6.07) is 8.59. The molecule has 2 atom stereocenters. The lowest BCUT2D eigenvalue weighted by atomic mass is 9.89. The Kier molecular flexibility index (Phi) is 5.18. The van der Waals surface area contributed by atoms with E-state index in [0.717, 1.165) is 17.7 Å². The molecule has 0 amide bonds. The zero-order valence-corrected chi connectivity index (χ0v) is 11.9. The Morgan fingerprint density at radius 3 is 2.50 bits per heavy atom. The summed E-state index contributed by atoms with van der Waals surface area (Å²) < 4.78 is 5.43. The molecular formula is C15H22N2O. The van der Waals surface area contributed by atoms with Gasteiger partial charge in [0.25, 0.3) is 0 Å². The van der Waals surface area contributed by atoms with Gasteiger partial charge >= 0.3 is 0 Å². The minimum Gasteiger partial charge on any atom is -0.496 e. The SMILES string of the molecule is CCC(C#N)C(c1cc(C)ccc1OC)N(C)C. The van der Waals surface area contributed by atoms with Gasteiger partial charge in [0.05, 0.1) is 25.1 Å². The van der Waals surface area contributed by atoms with Crippen molar-refractivity contribution >= 4 is 0 Å². The van der Waals surface area contributed by atoms with Crippen molar-refractivity contribution in [1.82, 2.24) is 4.90 Å². The van der Waals surface area contributed by atoms with Gasteiger partial charge in [-0.1, -0.05) is 24.6 Å². The van der Waals surface area contributed by atoms with Crippen LogP contribution in [-0.2, 0) is 0 Å². The summed E-state index contributed by atoms with van der Waals surface area (Å²) in [6.45, 7) is 4.11. The van der Waals surface area contributed by atoms with E-state index in [4.69, 9.17) is 4.74 Å². The van der Waals surface area contributed by atoms with Gasteiger partial charge in [0, 0.05) is 5.56 Å². The first-order chi connectivity index (χ1) is 8.54. The summed E-state index contributed by atoms with van der Waals surface area (Å²) in [4.78, 5) is 2.09. The lowest BCUT2D eigenvalue weighted by Crippen LogP contribution is -2.27. The van der Waals surface area contributed by atoms with Crippen LogP contribution in [-0.4, -0.2) is 26.1 Å². The van der Waals surface area contributed by atoms with E-state index in [1.165, 1.54) is 5.56 Å². The van der Waals surface area contributed by atoms with Gasteiger partial charge < -0.3 is 9.64 Å². The van der Waals surface area contributed by atoms with Crippen LogP contribution in [0.3, 0.4) is 0 Å². The van der Waals surface area contributed by atoms with Crippen molar-refractivity contribution in [3.63, 3.8) is 0 Å². The smallest absolute Gasteiger partial charge is 0.123 e. The van der Waals surface area contributed by atoms with Crippen LogP contribution in [0.1, 0.15) is 30.5 Å². The molecule has 98 valence electrons. The van der Waals surface area contributed by atoms with Crippen molar-refractivity contribution in [2.45, 2.75) is 26.3 Å². The van der Waals surface area contributed by atoms with Gasteiger partial charge in [0.2, 0.25) is 0 Å². The molecule has 2 unspecified atom stereocenters. The Balaban J connectivity index is 3.29. The molecule has 0 saturated carbocycles. The van der Waals surface area contributed by atoms with Gasteiger partial charge in [-0.15, -0.1) is 0 Å². The molecule has 0 fully saturated rings. The lowest BCUT2D eigenvalue weighted by molar-refractivity contribution is 0.234. The van der Waals surface area contributed by atoms with E-state index in [1.807, 2.05) is 33.2 Å². The Morgan fingerprint density at radius 1 is 1.39 bits per heavy atom. The molecule has 0 spiro atoms. The van der Waals surface area contributed by atoms with E-state index >= 15 is 0 Å². The molecular weight excluding hydrogens is 224 g/mol. The average Bonchev–Trinajstić information content (AvgIpc) is 2.35. The van der Waals surface area contributed by atoms with Crippen LogP contribution in [0.4, 0.5) is 0 Å². The molecule has 0 radical (unpaired) electrons. The van der Waals surface area contributed by atoms with Gasteiger partial charge in [-0.25, -0.2) is 0 Å². The maximum absolute atomic E-state index is 9.32. The van der Waals surface area contributed by atoms with Crippen molar-refractivity contribution in [1.29, 1.82) is 5.26 Å². The summed E-state index contributed by atoms with van der Waals surface area (Å²) >= 11 is 0. The van der Waals surface area contributed by atoms with E-state index in [2.05, 4.69) is 24.0 Å². The second-order valence-corrected chi connectivity index (χ2v) is 4.80. The first-order valence-electron chi connectivity index (χ1n) is 6.25. The summed E-state index contributed by atoms with van der Waals surface area (Å²) in [5.74, 6) is 0.823. The standard InChI is InChI=1S/C15H22N2O/c1-6-12(10-16)15(17(3)4)13-9-11(2)7-8-14(13)18-5/h7-9,12,15H,6H2,1-5H3. The third kappa shape index (κ3) is 3.02. The maximum atomic E-state index is 9.32. The van der Waals surface area contributed by atoms with Crippen molar-refractivity contribution < 1.29 is 4.74 Å². The van der Waals surface area contributed by atoms with Crippen LogP contribution in [0.25, 0.3) is 0 Å². The second kappa shape index (κ2) is 6.42. The number of nitriles is 1. The predicted molar refractivity (Wildman–Crippen MR) is 73.6 cm³/mol. The number of ether oxygens (including phenoxy) is 1. The van der Waals surface area contributed by atoms with Gasteiger partial charge in [0.1, 0.15) is 5.75 Å². The van der Waals surface area contributed by atoms with Gasteiger partial charge in [-0.05, 0) is 33.5 Å². The third-order valence-electron chi connectivity index (χ3n) is 3.25. The molecule has 0 heterocycles. The number of benzene rings is 1. The second-order valence-electron chi connectivity index (χ2n) is 4.80. The molecule has 0 aliphatic heterocycles. The molecule has 0 aromatic heterocycles. The highest BCUT2D eigenvalue weighted by Gasteiger charge is 2.26. The molecule has 0 bridgehead atoms. The number of hydrogen-bond acceptors (Lipinski definition) is 3. The van der Waals surface area contributed by atoms with E-state index < -0.39 is 0 Å². The molecule has 1 rings (SSSR count). The van der Waals surface area contributed by atoms with Crippen molar-refractivity contribution in [2.75, 3.05) is 21.2 Å². The molecule has 3 heteroatoms. The quantitative estimate of drug-likeness (QED) is 0.800. The predicted octanol–water partition coefficient (Wildman–Crippen LogP) is 3.16. The maximum Gasteiger partial charge on any atom is 0.123 e. The van der Waals surface area contributed by atoms with Crippen LogP contribution >= 0.6 is 0 Å². The third-order valence-corrected chi connectivity index (χ3v) is 3.25. The largest absolute Gasteiger partial charge is 0.496 e. The molecule has 1 aromatic carbocycles. The minimum atomic E-state index is -0.0318. The number of nitrogens with zero attached hydrogens (tertiary/aromatic N) is 2. The fraction of sp³-hybridized carbons (Fsp3) is 0.533. The number of aryl methyl sites for hydroxylation is 1. The Hall–Kier alpha value is -1.53. The zero-order chi connectivity index (χ0) is 13.7. The first-order valence-corrected chi connectivity index (χ1v) is 6.25. The van der Waals surface area contributed by atoms with Gasteiger partial charge in [0.15, 0.2) is 0 Å². The highest BCUT2D eigenvalue weighted by atomic mass is 16.5. The minimum absolute atomic E-state index is 0.0318. The summed E-state index contributed by atoms with van der Waals surface area (Å²) in [7, 11) is 5.69. The molecule has 18 heavy (non-hydrogen) atoms. The van der Waals surface area contributed by atoms with E-state index in [1.54, 1.807) is 7.11 Å². The average molecular weight is 246 g/mol. The summed E-state index contributed by atoms with van der Waals surface area (Å²) in [6.07, 6.45) is 0.830. The fourth-order valence-corrected chi connectivity index (χ4v) is 2.32. The van der Waals surface area contributed by atoms with Gasteiger partial charge in [-0.3, -0.25) is 0 Å².